The van der Waals surface area contributed by atoms with E-state index in [1.54, 1.807) is 18.3 Å². The van der Waals surface area contributed by atoms with Gasteiger partial charge in [0.1, 0.15) is 18.1 Å². The van der Waals surface area contributed by atoms with Gasteiger partial charge < -0.3 is 14.8 Å². The summed E-state index contributed by atoms with van der Waals surface area (Å²) in [5, 5.41) is 10.5. The Hall–Kier alpha value is -2.63. The third-order valence-electron chi connectivity index (χ3n) is 3.34. The number of hydrogen-bond acceptors (Lipinski definition) is 2. The Labute approximate surface area is 124 Å². The molecular weight excluding hydrogens is 295 g/mol. The lowest BCUT2D eigenvalue weighted by Crippen LogP contribution is -2.04. The maximum absolute atomic E-state index is 12.5. The Kier molecular flexibility index (Phi) is 3.44. The van der Waals surface area contributed by atoms with Gasteiger partial charge >= 0.3 is 6.18 Å². The van der Waals surface area contributed by atoms with Crippen molar-refractivity contribution in [3.8, 4) is 11.5 Å². The zero-order chi connectivity index (χ0) is 15.7. The Morgan fingerprint density at radius 1 is 1.05 bits per heavy atom. The number of ether oxygens (including phenoxy) is 1. The lowest BCUT2D eigenvalue weighted by Gasteiger charge is -2.09. The molecular formula is C16H12F3NO2. The van der Waals surface area contributed by atoms with Gasteiger partial charge in [-0.3, -0.25) is 0 Å². The van der Waals surface area contributed by atoms with Crippen LogP contribution in [0.1, 0.15) is 11.1 Å². The second-order valence-corrected chi connectivity index (χ2v) is 4.82. The minimum atomic E-state index is -4.36. The van der Waals surface area contributed by atoms with E-state index in [1.165, 1.54) is 12.1 Å². The Bertz CT molecular complexity index is 791. The van der Waals surface area contributed by atoms with Gasteiger partial charge in [-0.2, -0.15) is 13.2 Å². The molecule has 0 saturated carbocycles. The van der Waals surface area contributed by atoms with E-state index >= 15 is 0 Å². The highest BCUT2D eigenvalue weighted by Crippen LogP contribution is 2.31. The molecule has 0 radical (unpaired) electrons. The van der Waals surface area contributed by atoms with Crippen LogP contribution < -0.4 is 4.74 Å². The molecule has 3 rings (SSSR count). The fourth-order valence-corrected chi connectivity index (χ4v) is 2.25. The van der Waals surface area contributed by atoms with E-state index < -0.39 is 11.7 Å². The third kappa shape index (κ3) is 2.72. The van der Waals surface area contributed by atoms with Gasteiger partial charge in [-0.15, -0.1) is 0 Å². The van der Waals surface area contributed by atoms with Crippen molar-refractivity contribution in [2.75, 3.05) is 0 Å². The molecule has 114 valence electrons. The number of aromatic amines is 1. The number of phenolic OH excluding ortho intramolecular Hbond substituents is 1. The third-order valence-corrected chi connectivity index (χ3v) is 3.34. The molecule has 0 fully saturated rings. The molecule has 0 atom stereocenters. The lowest BCUT2D eigenvalue weighted by atomic mass is 10.1. The first-order valence-electron chi connectivity index (χ1n) is 6.53. The number of H-pyrrole nitrogens is 1. The van der Waals surface area contributed by atoms with Crippen LogP contribution in [0.4, 0.5) is 13.2 Å². The largest absolute Gasteiger partial charge is 0.507 e. The van der Waals surface area contributed by atoms with E-state index in [1.807, 2.05) is 6.07 Å². The number of fused-ring (bicyclic) bond motifs is 1. The minimum Gasteiger partial charge on any atom is -0.507 e. The Morgan fingerprint density at radius 3 is 2.45 bits per heavy atom. The van der Waals surface area contributed by atoms with Crippen LogP contribution in [0.3, 0.4) is 0 Å². The van der Waals surface area contributed by atoms with Crippen LogP contribution in [0.5, 0.6) is 11.5 Å². The summed E-state index contributed by atoms with van der Waals surface area (Å²) >= 11 is 0. The zero-order valence-corrected chi connectivity index (χ0v) is 11.3. The summed E-state index contributed by atoms with van der Waals surface area (Å²) in [6.07, 6.45) is -2.66. The number of aromatic nitrogens is 1. The molecule has 2 aromatic carbocycles. The maximum atomic E-state index is 12.5. The molecule has 0 amide bonds. The summed E-state index contributed by atoms with van der Waals surface area (Å²) in [7, 11) is 0. The van der Waals surface area contributed by atoms with Gasteiger partial charge in [-0.25, -0.2) is 0 Å². The van der Waals surface area contributed by atoms with Crippen molar-refractivity contribution in [3.05, 3.63) is 59.8 Å². The molecule has 0 aliphatic rings. The first-order chi connectivity index (χ1) is 10.4. The average molecular weight is 307 g/mol. The zero-order valence-electron chi connectivity index (χ0n) is 11.3. The van der Waals surface area contributed by atoms with E-state index in [0.717, 1.165) is 23.2 Å². The predicted octanol–water partition coefficient (Wildman–Crippen LogP) is 4.47. The summed E-state index contributed by atoms with van der Waals surface area (Å²) in [6, 6.07) is 9.60. The van der Waals surface area contributed by atoms with Crippen molar-refractivity contribution in [2.24, 2.45) is 0 Å². The highest BCUT2D eigenvalue weighted by molar-refractivity contribution is 5.88. The molecule has 2 N–H and O–H groups in total. The summed E-state index contributed by atoms with van der Waals surface area (Å²) in [5.41, 5.74) is 0.781. The molecule has 0 aliphatic carbocycles. The molecule has 1 aromatic heterocycles. The average Bonchev–Trinajstić information content (AvgIpc) is 2.89. The van der Waals surface area contributed by atoms with Crippen LogP contribution in [-0.2, 0) is 12.8 Å². The van der Waals surface area contributed by atoms with Crippen LogP contribution in [0.15, 0.2) is 48.7 Å². The summed E-state index contributed by atoms with van der Waals surface area (Å²) < 4.78 is 42.9. The van der Waals surface area contributed by atoms with Gasteiger partial charge in [0.25, 0.3) is 0 Å². The van der Waals surface area contributed by atoms with E-state index in [-0.39, 0.29) is 12.4 Å². The fourth-order valence-electron chi connectivity index (χ4n) is 2.25. The van der Waals surface area contributed by atoms with Gasteiger partial charge in [0.2, 0.25) is 0 Å². The minimum absolute atomic E-state index is 0.129. The molecule has 1 heterocycles. The van der Waals surface area contributed by atoms with Crippen LogP contribution in [0, 0.1) is 0 Å². The topological polar surface area (TPSA) is 45.2 Å². The molecule has 0 aliphatic heterocycles. The number of nitrogens with one attached hydrogen (secondary N) is 1. The number of hydrogen-bond donors (Lipinski definition) is 2. The number of aromatic hydroxyl groups is 1. The van der Waals surface area contributed by atoms with Crippen molar-refractivity contribution in [1.82, 2.24) is 4.98 Å². The number of phenols is 1. The van der Waals surface area contributed by atoms with E-state index in [4.69, 9.17) is 4.74 Å². The molecule has 22 heavy (non-hydrogen) atoms. The molecule has 0 spiro atoms. The lowest BCUT2D eigenvalue weighted by molar-refractivity contribution is -0.137. The molecule has 0 unspecified atom stereocenters. The standard InChI is InChI=1S/C16H12F3NO2/c17-16(18,19)11-4-6-12(7-5-11)22-9-10-8-20-13-2-1-3-14(21)15(10)13/h1-8,20-21H,9H2. The molecule has 0 saturated heterocycles. The first kappa shape index (κ1) is 14.3. The van der Waals surface area contributed by atoms with Crippen molar-refractivity contribution >= 4 is 10.9 Å². The second kappa shape index (κ2) is 5.29. The monoisotopic (exact) mass is 307 g/mol. The van der Waals surface area contributed by atoms with Crippen molar-refractivity contribution in [3.63, 3.8) is 0 Å². The molecule has 3 aromatic rings. The van der Waals surface area contributed by atoms with Gasteiger partial charge in [0.15, 0.2) is 0 Å². The van der Waals surface area contributed by atoms with E-state index in [2.05, 4.69) is 4.98 Å². The normalized spacial score (nSPS) is 11.8. The number of halogens is 3. The quantitative estimate of drug-likeness (QED) is 0.750. The van der Waals surface area contributed by atoms with Crippen molar-refractivity contribution < 1.29 is 23.0 Å². The molecule has 3 nitrogen and oxygen atoms in total. The van der Waals surface area contributed by atoms with Crippen LogP contribution in [0.2, 0.25) is 0 Å². The fraction of sp³-hybridized carbons (Fsp3) is 0.125. The Balaban J connectivity index is 1.77. The van der Waals surface area contributed by atoms with Crippen molar-refractivity contribution in [1.29, 1.82) is 0 Å². The van der Waals surface area contributed by atoms with Gasteiger partial charge in [-0.05, 0) is 36.4 Å². The van der Waals surface area contributed by atoms with E-state index in [9.17, 15) is 18.3 Å². The smallest absolute Gasteiger partial charge is 0.416 e. The van der Waals surface area contributed by atoms with Crippen LogP contribution in [-0.4, -0.2) is 10.1 Å². The van der Waals surface area contributed by atoms with E-state index in [0.29, 0.717) is 11.1 Å². The summed E-state index contributed by atoms with van der Waals surface area (Å²) in [5.74, 6) is 0.461. The highest BCUT2D eigenvalue weighted by atomic mass is 19.4. The SMILES string of the molecule is Oc1cccc2[nH]cc(COc3ccc(C(F)(F)F)cc3)c12. The second-order valence-electron chi connectivity index (χ2n) is 4.82. The van der Waals surface area contributed by atoms with Crippen LogP contribution >= 0.6 is 0 Å². The number of alkyl halides is 3. The highest BCUT2D eigenvalue weighted by Gasteiger charge is 2.30. The van der Waals surface area contributed by atoms with Crippen molar-refractivity contribution in [2.45, 2.75) is 12.8 Å². The van der Waals surface area contributed by atoms with Gasteiger partial charge in [-0.1, -0.05) is 6.07 Å². The number of benzene rings is 2. The van der Waals surface area contributed by atoms with Gasteiger partial charge in [0.05, 0.1) is 5.56 Å². The summed E-state index contributed by atoms with van der Waals surface area (Å²) in [4.78, 5) is 3.01. The summed E-state index contributed by atoms with van der Waals surface area (Å²) in [6.45, 7) is 0.142. The number of rotatable bonds is 3. The predicted molar refractivity (Wildman–Crippen MR) is 75.7 cm³/mol. The van der Waals surface area contributed by atoms with Gasteiger partial charge in [0, 0.05) is 22.7 Å². The first-order valence-corrected chi connectivity index (χ1v) is 6.53. The Morgan fingerprint density at radius 2 is 1.77 bits per heavy atom. The molecule has 6 heteroatoms. The maximum Gasteiger partial charge on any atom is 0.416 e. The van der Waals surface area contributed by atoms with Crippen LogP contribution in [0.25, 0.3) is 10.9 Å². The molecule has 0 bridgehead atoms.